The Morgan fingerprint density at radius 2 is 2.06 bits per heavy atom. The average molecular weight is 230 g/mol. The summed E-state index contributed by atoms with van der Waals surface area (Å²) in [6.45, 7) is 6.58. The molecule has 4 unspecified atom stereocenters. The molecule has 2 heterocycles. The van der Waals surface area contributed by atoms with E-state index in [0.717, 1.165) is 19.3 Å². The molecule has 0 aromatic rings. The molecule has 0 aromatic carbocycles. The van der Waals surface area contributed by atoms with Crippen LogP contribution in [0.1, 0.15) is 40.0 Å². The molecule has 0 amide bonds. The second kappa shape index (κ2) is 4.61. The molecule has 0 radical (unpaired) electrons. The van der Waals surface area contributed by atoms with E-state index in [1.54, 1.807) is 0 Å². The Labute approximate surface area is 96.9 Å². The van der Waals surface area contributed by atoms with Gasteiger partial charge in [0.25, 0.3) is 0 Å². The molecular weight excluding hydrogens is 208 g/mol. The lowest BCUT2D eigenvalue weighted by Crippen LogP contribution is -2.39. The van der Waals surface area contributed by atoms with Crippen molar-refractivity contribution in [3.63, 3.8) is 0 Å². The number of epoxide rings is 1. The molecule has 2 aliphatic heterocycles. The normalized spacial score (nSPS) is 38.6. The van der Waals surface area contributed by atoms with Crippen molar-refractivity contribution in [2.45, 2.75) is 70.2 Å². The smallest absolute Gasteiger partial charge is 0.163 e. The summed E-state index contributed by atoms with van der Waals surface area (Å²) < 4.78 is 16.7. The maximum absolute atomic E-state index is 10.1. The second-order valence-electron chi connectivity index (χ2n) is 5.14. The highest BCUT2D eigenvalue weighted by molar-refractivity contribution is 4.93. The van der Waals surface area contributed by atoms with Crippen LogP contribution in [0.3, 0.4) is 0 Å². The van der Waals surface area contributed by atoms with Gasteiger partial charge in [-0.1, -0.05) is 19.8 Å². The highest BCUT2D eigenvalue weighted by atomic mass is 16.8. The summed E-state index contributed by atoms with van der Waals surface area (Å²) in [6.07, 6.45) is 2.31. The van der Waals surface area contributed by atoms with Crippen molar-refractivity contribution in [1.82, 2.24) is 0 Å². The highest BCUT2D eigenvalue weighted by Gasteiger charge is 2.49. The molecule has 1 N–H and O–H groups in total. The molecule has 0 bridgehead atoms. The Kier molecular flexibility index (Phi) is 3.54. The quantitative estimate of drug-likeness (QED) is 0.726. The van der Waals surface area contributed by atoms with Crippen LogP contribution in [0.4, 0.5) is 0 Å². The van der Waals surface area contributed by atoms with Crippen LogP contribution in [0.25, 0.3) is 0 Å². The summed E-state index contributed by atoms with van der Waals surface area (Å²) in [7, 11) is 0. The number of hydrogen-bond acceptors (Lipinski definition) is 4. The molecule has 2 saturated heterocycles. The fourth-order valence-corrected chi connectivity index (χ4v) is 2.25. The number of hydrogen-bond donors (Lipinski definition) is 1. The monoisotopic (exact) mass is 230 g/mol. The Morgan fingerprint density at radius 3 is 2.62 bits per heavy atom. The van der Waals surface area contributed by atoms with Crippen LogP contribution in [0.15, 0.2) is 0 Å². The van der Waals surface area contributed by atoms with Gasteiger partial charge in [-0.15, -0.1) is 0 Å². The van der Waals surface area contributed by atoms with E-state index < -0.39 is 11.9 Å². The largest absolute Gasteiger partial charge is 0.387 e. The zero-order chi connectivity index (χ0) is 11.8. The van der Waals surface area contributed by atoms with E-state index >= 15 is 0 Å². The maximum Gasteiger partial charge on any atom is 0.163 e. The first kappa shape index (κ1) is 12.3. The summed E-state index contributed by atoms with van der Waals surface area (Å²) in [4.78, 5) is 0. The number of unbranched alkanes of at least 4 members (excludes halogenated alkanes) is 1. The van der Waals surface area contributed by atoms with Gasteiger partial charge in [-0.2, -0.15) is 0 Å². The standard InChI is InChI=1S/C12H22O4/c1-4-5-6-8-11(10(13)9-7-14-9)16-12(2,3)15-8/h8-11,13H,4-7H2,1-3H3. The van der Waals surface area contributed by atoms with Gasteiger partial charge in [0.1, 0.15) is 18.3 Å². The van der Waals surface area contributed by atoms with Gasteiger partial charge < -0.3 is 19.3 Å². The molecule has 94 valence electrons. The molecule has 2 fully saturated rings. The van der Waals surface area contributed by atoms with Crippen molar-refractivity contribution in [3.05, 3.63) is 0 Å². The molecule has 0 aliphatic carbocycles. The van der Waals surface area contributed by atoms with E-state index in [9.17, 15) is 5.11 Å². The van der Waals surface area contributed by atoms with Crippen LogP contribution in [0, 0.1) is 0 Å². The Bertz CT molecular complexity index is 237. The van der Waals surface area contributed by atoms with E-state index in [4.69, 9.17) is 14.2 Å². The minimum absolute atomic E-state index is 0.00542. The zero-order valence-corrected chi connectivity index (χ0v) is 10.3. The second-order valence-corrected chi connectivity index (χ2v) is 5.14. The molecule has 2 rings (SSSR count). The van der Waals surface area contributed by atoms with Gasteiger partial charge >= 0.3 is 0 Å². The molecule has 0 spiro atoms. The Hall–Kier alpha value is -0.160. The predicted molar refractivity (Wildman–Crippen MR) is 59.1 cm³/mol. The van der Waals surface area contributed by atoms with Crippen LogP contribution in [0.2, 0.25) is 0 Å². The molecule has 4 atom stereocenters. The predicted octanol–water partition coefficient (Wildman–Crippen LogP) is 1.46. The fourth-order valence-electron chi connectivity index (χ4n) is 2.25. The van der Waals surface area contributed by atoms with Crippen molar-refractivity contribution in [2.75, 3.05) is 6.61 Å². The third-order valence-electron chi connectivity index (χ3n) is 3.14. The number of ether oxygens (including phenoxy) is 3. The minimum Gasteiger partial charge on any atom is -0.387 e. The van der Waals surface area contributed by atoms with Crippen LogP contribution in [-0.2, 0) is 14.2 Å². The van der Waals surface area contributed by atoms with Crippen molar-refractivity contribution in [1.29, 1.82) is 0 Å². The summed E-state index contributed by atoms with van der Waals surface area (Å²) >= 11 is 0. The lowest BCUT2D eigenvalue weighted by molar-refractivity contribution is -0.156. The van der Waals surface area contributed by atoms with Gasteiger partial charge in [-0.3, -0.25) is 0 Å². The van der Waals surface area contributed by atoms with E-state index in [-0.39, 0.29) is 18.3 Å². The maximum atomic E-state index is 10.1. The van der Waals surface area contributed by atoms with E-state index in [0.29, 0.717) is 6.61 Å². The van der Waals surface area contributed by atoms with Crippen LogP contribution >= 0.6 is 0 Å². The molecule has 4 nitrogen and oxygen atoms in total. The Balaban J connectivity index is 1.96. The molecular formula is C12H22O4. The van der Waals surface area contributed by atoms with E-state index in [1.807, 2.05) is 13.8 Å². The summed E-state index contributed by atoms with van der Waals surface area (Å²) in [6, 6.07) is 0. The van der Waals surface area contributed by atoms with Gasteiger partial charge in [-0.05, 0) is 20.3 Å². The lowest BCUT2D eigenvalue weighted by Gasteiger charge is -2.20. The van der Waals surface area contributed by atoms with Crippen molar-refractivity contribution in [2.24, 2.45) is 0 Å². The first-order valence-corrected chi connectivity index (χ1v) is 6.19. The topological polar surface area (TPSA) is 51.2 Å². The van der Waals surface area contributed by atoms with Crippen molar-refractivity contribution < 1.29 is 19.3 Å². The highest BCUT2D eigenvalue weighted by Crippen LogP contribution is 2.35. The third-order valence-corrected chi connectivity index (χ3v) is 3.14. The van der Waals surface area contributed by atoms with Gasteiger partial charge in [0, 0.05) is 0 Å². The van der Waals surface area contributed by atoms with Gasteiger partial charge in [0.15, 0.2) is 5.79 Å². The molecule has 16 heavy (non-hydrogen) atoms. The SMILES string of the molecule is CCCCC1OC(C)(C)OC1C(O)C1CO1. The first-order valence-electron chi connectivity index (χ1n) is 6.19. The number of aliphatic hydroxyl groups is 1. The van der Waals surface area contributed by atoms with E-state index in [2.05, 4.69) is 6.92 Å². The van der Waals surface area contributed by atoms with Crippen LogP contribution in [-0.4, -0.2) is 41.9 Å². The summed E-state index contributed by atoms with van der Waals surface area (Å²) in [5.41, 5.74) is 0. The zero-order valence-electron chi connectivity index (χ0n) is 10.3. The van der Waals surface area contributed by atoms with Gasteiger partial charge in [-0.25, -0.2) is 0 Å². The average Bonchev–Trinajstić information content (AvgIpc) is 3.00. The minimum atomic E-state index is -0.584. The van der Waals surface area contributed by atoms with Crippen molar-refractivity contribution >= 4 is 0 Å². The van der Waals surface area contributed by atoms with Gasteiger partial charge in [0.2, 0.25) is 0 Å². The number of aliphatic hydroxyl groups excluding tert-OH is 1. The molecule has 4 heteroatoms. The molecule has 2 aliphatic rings. The van der Waals surface area contributed by atoms with Crippen molar-refractivity contribution in [3.8, 4) is 0 Å². The van der Waals surface area contributed by atoms with E-state index in [1.165, 1.54) is 0 Å². The summed E-state index contributed by atoms with van der Waals surface area (Å²) in [5.74, 6) is -0.584. The van der Waals surface area contributed by atoms with Gasteiger partial charge in [0.05, 0.1) is 12.7 Å². The Morgan fingerprint density at radius 1 is 1.38 bits per heavy atom. The van der Waals surface area contributed by atoms with Crippen LogP contribution in [0.5, 0.6) is 0 Å². The first-order chi connectivity index (χ1) is 7.53. The molecule has 0 saturated carbocycles. The number of rotatable bonds is 5. The third kappa shape index (κ3) is 2.74. The van der Waals surface area contributed by atoms with Crippen LogP contribution < -0.4 is 0 Å². The summed E-state index contributed by atoms with van der Waals surface area (Å²) in [5, 5.41) is 10.1. The lowest BCUT2D eigenvalue weighted by atomic mass is 10.0. The molecule has 0 aromatic heterocycles. The fraction of sp³-hybridized carbons (Fsp3) is 1.00.